The van der Waals surface area contributed by atoms with E-state index in [9.17, 15) is 8.42 Å². The van der Waals surface area contributed by atoms with Gasteiger partial charge in [-0.15, -0.1) is 0 Å². The first-order valence-corrected chi connectivity index (χ1v) is 9.41. The lowest BCUT2D eigenvalue weighted by Gasteiger charge is -2.32. The molecule has 1 fully saturated rings. The van der Waals surface area contributed by atoms with Crippen LogP contribution in [0.15, 0.2) is 0 Å². The Bertz CT molecular complexity index is 359. The minimum atomic E-state index is -3.31. The molecule has 5 nitrogen and oxygen atoms in total. The summed E-state index contributed by atoms with van der Waals surface area (Å²) >= 11 is 0. The average molecular weight is 305 g/mol. The average Bonchev–Trinajstić information content (AvgIpc) is 2.39. The largest absolute Gasteiger partial charge is 0.316 e. The Hall–Kier alpha value is -0.170. The molecule has 6 heteroatoms. The molecule has 1 saturated heterocycles. The molecule has 0 aromatic rings. The molecular weight excluding hydrogens is 274 g/mol. The molecule has 1 aliphatic rings. The first-order chi connectivity index (χ1) is 9.49. The lowest BCUT2D eigenvalue weighted by Crippen LogP contribution is -2.49. The van der Waals surface area contributed by atoms with Crippen LogP contribution >= 0.6 is 0 Å². The molecule has 0 saturated carbocycles. The summed E-state index contributed by atoms with van der Waals surface area (Å²) in [6, 6.07) is 0.0172. The van der Waals surface area contributed by atoms with Crippen LogP contribution < -0.4 is 10.0 Å². The number of nitrogens with one attached hydrogen (secondary N) is 2. The summed E-state index contributed by atoms with van der Waals surface area (Å²) < 4.78 is 29.1. The van der Waals surface area contributed by atoms with E-state index in [2.05, 4.69) is 23.9 Å². The zero-order valence-electron chi connectivity index (χ0n) is 13.2. The molecule has 0 spiro atoms. The fourth-order valence-corrected chi connectivity index (χ4v) is 4.27. The first-order valence-electron chi connectivity index (χ1n) is 7.97. The van der Waals surface area contributed by atoms with Crippen molar-refractivity contribution in [2.75, 3.05) is 26.2 Å². The van der Waals surface area contributed by atoms with Gasteiger partial charge in [0.25, 0.3) is 10.2 Å². The fourth-order valence-electron chi connectivity index (χ4n) is 2.72. The monoisotopic (exact) mass is 305 g/mol. The van der Waals surface area contributed by atoms with Crippen molar-refractivity contribution in [3.8, 4) is 0 Å². The van der Waals surface area contributed by atoms with Crippen LogP contribution in [-0.2, 0) is 10.2 Å². The standard InChI is InChI=1S/C14H31N3O2S/c1-4-7-13(3)16-20(18,19)17-10-6-8-14(12-17)11-15-9-5-2/h13-16H,4-12H2,1-3H3. The molecule has 0 aromatic carbocycles. The van der Waals surface area contributed by atoms with Crippen molar-refractivity contribution in [1.82, 2.24) is 14.3 Å². The Morgan fingerprint density at radius 2 is 2.05 bits per heavy atom. The maximum absolute atomic E-state index is 12.3. The van der Waals surface area contributed by atoms with Crippen LogP contribution in [0.4, 0.5) is 0 Å². The van der Waals surface area contributed by atoms with Gasteiger partial charge >= 0.3 is 0 Å². The molecule has 120 valence electrons. The van der Waals surface area contributed by atoms with Crippen molar-refractivity contribution in [2.45, 2.75) is 58.9 Å². The molecular formula is C14H31N3O2S. The fraction of sp³-hybridized carbons (Fsp3) is 1.00. The molecule has 2 atom stereocenters. The Morgan fingerprint density at radius 1 is 1.30 bits per heavy atom. The molecule has 1 rings (SSSR count). The van der Waals surface area contributed by atoms with Crippen molar-refractivity contribution in [2.24, 2.45) is 5.92 Å². The van der Waals surface area contributed by atoms with Crippen molar-refractivity contribution in [3.63, 3.8) is 0 Å². The number of hydrogen-bond donors (Lipinski definition) is 2. The van der Waals surface area contributed by atoms with E-state index in [4.69, 9.17) is 0 Å². The van der Waals surface area contributed by atoms with Gasteiger partial charge in [-0.3, -0.25) is 0 Å². The molecule has 1 heterocycles. The second kappa shape index (κ2) is 8.97. The van der Waals surface area contributed by atoms with Gasteiger partial charge in [0, 0.05) is 19.1 Å². The second-order valence-electron chi connectivity index (χ2n) is 5.88. The summed E-state index contributed by atoms with van der Waals surface area (Å²) in [5.41, 5.74) is 0. The highest BCUT2D eigenvalue weighted by Gasteiger charge is 2.29. The highest BCUT2D eigenvalue weighted by atomic mass is 32.2. The minimum Gasteiger partial charge on any atom is -0.316 e. The number of hydrogen-bond acceptors (Lipinski definition) is 3. The Kier molecular flexibility index (Phi) is 8.02. The van der Waals surface area contributed by atoms with Crippen LogP contribution in [0.2, 0.25) is 0 Å². The lowest BCUT2D eigenvalue weighted by molar-refractivity contribution is 0.256. The Morgan fingerprint density at radius 3 is 2.70 bits per heavy atom. The van der Waals surface area contributed by atoms with Crippen LogP contribution in [0.25, 0.3) is 0 Å². The highest BCUT2D eigenvalue weighted by Crippen LogP contribution is 2.18. The normalized spacial score (nSPS) is 22.9. The molecule has 2 N–H and O–H groups in total. The molecule has 0 aliphatic carbocycles. The third-order valence-corrected chi connectivity index (χ3v) is 5.46. The Labute approximate surface area is 124 Å². The lowest BCUT2D eigenvalue weighted by atomic mass is 10.00. The van der Waals surface area contributed by atoms with Gasteiger partial charge in [-0.1, -0.05) is 20.3 Å². The van der Waals surface area contributed by atoms with E-state index in [1.807, 2.05) is 6.92 Å². The van der Waals surface area contributed by atoms with Gasteiger partial charge in [-0.2, -0.15) is 17.4 Å². The predicted octanol–water partition coefficient (Wildman–Crippen LogP) is 1.72. The zero-order chi connectivity index (χ0) is 15.0. The summed E-state index contributed by atoms with van der Waals surface area (Å²) in [6.07, 6.45) is 5.07. The van der Waals surface area contributed by atoms with Crippen LogP contribution in [0, 0.1) is 5.92 Å². The van der Waals surface area contributed by atoms with Gasteiger partial charge in [0.05, 0.1) is 0 Å². The predicted molar refractivity (Wildman–Crippen MR) is 83.9 cm³/mol. The minimum absolute atomic E-state index is 0.0172. The number of nitrogens with zero attached hydrogens (tertiary/aromatic N) is 1. The van der Waals surface area contributed by atoms with E-state index < -0.39 is 10.2 Å². The van der Waals surface area contributed by atoms with E-state index in [0.717, 1.165) is 45.2 Å². The molecule has 0 radical (unpaired) electrons. The Balaban J connectivity index is 2.48. The summed E-state index contributed by atoms with van der Waals surface area (Å²) in [4.78, 5) is 0. The molecule has 0 bridgehead atoms. The van der Waals surface area contributed by atoms with Crippen LogP contribution in [0.5, 0.6) is 0 Å². The van der Waals surface area contributed by atoms with Gasteiger partial charge in [0.15, 0.2) is 0 Å². The summed E-state index contributed by atoms with van der Waals surface area (Å²) in [7, 11) is -3.31. The van der Waals surface area contributed by atoms with Gasteiger partial charge in [0.1, 0.15) is 0 Å². The molecule has 0 aromatic heterocycles. The van der Waals surface area contributed by atoms with E-state index in [1.54, 1.807) is 4.31 Å². The van der Waals surface area contributed by atoms with Gasteiger partial charge < -0.3 is 5.32 Å². The number of piperidine rings is 1. The summed E-state index contributed by atoms with van der Waals surface area (Å²) in [6.45, 7) is 9.37. The molecule has 20 heavy (non-hydrogen) atoms. The molecule has 0 amide bonds. The van der Waals surface area contributed by atoms with Gasteiger partial charge in [-0.05, 0) is 51.6 Å². The maximum Gasteiger partial charge on any atom is 0.279 e. The quantitative estimate of drug-likeness (QED) is 0.638. The van der Waals surface area contributed by atoms with Crippen molar-refractivity contribution in [3.05, 3.63) is 0 Å². The van der Waals surface area contributed by atoms with Crippen molar-refractivity contribution < 1.29 is 8.42 Å². The third kappa shape index (κ3) is 6.08. The van der Waals surface area contributed by atoms with Crippen LogP contribution in [0.3, 0.4) is 0 Å². The van der Waals surface area contributed by atoms with E-state index in [-0.39, 0.29) is 6.04 Å². The highest BCUT2D eigenvalue weighted by molar-refractivity contribution is 7.87. The first kappa shape index (κ1) is 17.9. The summed E-state index contributed by atoms with van der Waals surface area (Å²) in [5.74, 6) is 0.438. The van der Waals surface area contributed by atoms with Crippen molar-refractivity contribution in [1.29, 1.82) is 0 Å². The topological polar surface area (TPSA) is 61.4 Å². The molecule has 1 aliphatic heterocycles. The maximum atomic E-state index is 12.3. The van der Waals surface area contributed by atoms with Crippen LogP contribution in [0.1, 0.15) is 52.9 Å². The number of rotatable bonds is 9. The van der Waals surface area contributed by atoms with Crippen LogP contribution in [-0.4, -0.2) is 44.9 Å². The van der Waals surface area contributed by atoms with E-state index >= 15 is 0 Å². The molecule has 2 unspecified atom stereocenters. The third-order valence-electron chi connectivity index (χ3n) is 3.75. The van der Waals surface area contributed by atoms with Gasteiger partial charge in [0.2, 0.25) is 0 Å². The van der Waals surface area contributed by atoms with Gasteiger partial charge in [-0.25, -0.2) is 0 Å². The van der Waals surface area contributed by atoms with E-state index in [1.165, 1.54) is 0 Å². The summed E-state index contributed by atoms with van der Waals surface area (Å²) in [5, 5.41) is 3.40. The smallest absolute Gasteiger partial charge is 0.279 e. The SMILES string of the molecule is CCCNCC1CCCN(S(=O)(=O)NC(C)CCC)C1. The second-order valence-corrected chi connectivity index (χ2v) is 7.59. The van der Waals surface area contributed by atoms with Crippen molar-refractivity contribution >= 4 is 10.2 Å². The zero-order valence-corrected chi connectivity index (χ0v) is 14.0. The van der Waals surface area contributed by atoms with E-state index in [0.29, 0.717) is 19.0 Å².